The summed E-state index contributed by atoms with van der Waals surface area (Å²) in [4.78, 5) is 30.7. The Bertz CT molecular complexity index is 1320. The van der Waals surface area contributed by atoms with E-state index in [4.69, 9.17) is 9.47 Å². The molecule has 6 rings (SSSR count). The van der Waals surface area contributed by atoms with Crippen LogP contribution in [0.4, 0.5) is 4.39 Å². The Morgan fingerprint density at radius 2 is 1.57 bits per heavy atom. The van der Waals surface area contributed by atoms with Crippen LogP contribution >= 0.6 is 0 Å². The molecule has 3 aromatic rings. The normalized spacial score (nSPS) is 22.2. The highest BCUT2D eigenvalue weighted by molar-refractivity contribution is 6.43. The van der Waals surface area contributed by atoms with Crippen LogP contribution < -0.4 is 9.47 Å². The van der Waals surface area contributed by atoms with Gasteiger partial charge >= 0.3 is 0 Å². The van der Waals surface area contributed by atoms with Crippen molar-refractivity contribution in [1.82, 2.24) is 9.80 Å². The lowest BCUT2D eigenvalue weighted by molar-refractivity contribution is -0.129. The first-order valence-corrected chi connectivity index (χ1v) is 12.8. The fourth-order valence-corrected chi connectivity index (χ4v) is 5.87. The van der Waals surface area contributed by atoms with Crippen molar-refractivity contribution in [1.29, 1.82) is 0 Å². The highest BCUT2D eigenvalue weighted by atomic mass is 19.1. The van der Waals surface area contributed by atoms with Gasteiger partial charge in [-0.05, 0) is 49.1 Å². The van der Waals surface area contributed by atoms with E-state index in [0.717, 1.165) is 49.5 Å². The Kier molecular flexibility index (Phi) is 6.16. The molecule has 3 aromatic carbocycles. The molecular weight excluding hydrogens is 471 g/mol. The van der Waals surface area contributed by atoms with Crippen molar-refractivity contribution in [2.24, 2.45) is 0 Å². The van der Waals surface area contributed by atoms with Crippen molar-refractivity contribution in [3.05, 3.63) is 95.3 Å². The quantitative estimate of drug-likeness (QED) is 0.334. The molecule has 1 aliphatic carbocycles. The zero-order valence-electron chi connectivity index (χ0n) is 20.6. The van der Waals surface area contributed by atoms with Crippen LogP contribution in [0.25, 0.3) is 0 Å². The zero-order chi connectivity index (χ0) is 25.4. The van der Waals surface area contributed by atoms with Gasteiger partial charge in [-0.15, -0.1) is 0 Å². The predicted octanol–water partition coefficient (Wildman–Crippen LogP) is 4.62. The summed E-state index contributed by atoms with van der Waals surface area (Å²) in [5, 5.41) is 0. The number of ether oxygens (including phenoxy) is 2. The van der Waals surface area contributed by atoms with Crippen molar-refractivity contribution >= 4 is 11.7 Å². The predicted molar refractivity (Wildman–Crippen MR) is 136 cm³/mol. The number of Topliss-reactive ketones (excluding diaryl/α,β-unsaturated/α-hetero) is 1. The standard InChI is InChI=1S/C30H29FN2O4/c31-24-16-23(27(34)29(35)33-15-14-32-13-7-12-30(32)18-26(30)33)17-25(36-19-21-8-3-1-4-9-21)28(24)37-20-22-10-5-2-6-11-22/h1-6,8-11,16-17,26H,7,12-15,18-20H2/t26-,30?/m1/s1. The number of nitrogens with zero attached hydrogens (tertiary/aromatic N) is 2. The smallest absolute Gasteiger partial charge is 0.295 e. The van der Waals surface area contributed by atoms with Crippen molar-refractivity contribution in [3.63, 3.8) is 0 Å². The molecule has 0 radical (unpaired) electrons. The van der Waals surface area contributed by atoms with Crippen molar-refractivity contribution in [2.75, 3.05) is 19.6 Å². The van der Waals surface area contributed by atoms with Crippen LogP contribution in [-0.4, -0.2) is 52.7 Å². The van der Waals surface area contributed by atoms with Crippen molar-refractivity contribution < 1.29 is 23.5 Å². The fourth-order valence-electron chi connectivity index (χ4n) is 5.87. The Hall–Kier alpha value is -3.71. The minimum absolute atomic E-state index is 0.0267. The summed E-state index contributed by atoms with van der Waals surface area (Å²) in [5.74, 6) is -2.00. The molecule has 2 heterocycles. The second-order valence-corrected chi connectivity index (χ2v) is 10.1. The molecule has 3 fully saturated rings. The molecule has 3 aliphatic rings. The summed E-state index contributed by atoms with van der Waals surface area (Å²) in [6, 6.07) is 21.5. The molecular formula is C30H29FN2O4. The van der Waals surface area contributed by atoms with E-state index in [-0.39, 0.29) is 41.9 Å². The molecule has 6 nitrogen and oxygen atoms in total. The molecule has 2 saturated heterocycles. The van der Waals surface area contributed by atoms with Gasteiger partial charge in [0.2, 0.25) is 0 Å². The maximum absolute atomic E-state index is 15.4. The number of carbonyl (C=O) groups excluding carboxylic acids is 2. The third-order valence-electron chi connectivity index (χ3n) is 7.85. The van der Waals surface area contributed by atoms with E-state index in [1.807, 2.05) is 60.7 Å². The van der Waals surface area contributed by atoms with Gasteiger partial charge in [0.25, 0.3) is 11.7 Å². The van der Waals surface area contributed by atoms with E-state index in [1.54, 1.807) is 4.90 Å². The third kappa shape index (κ3) is 4.48. The monoisotopic (exact) mass is 500 g/mol. The molecule has 1 amide bonds. The molecule has 1 saturated carbocycles. The number of amides is 1. The first-order valence-electron chi connectivity index (χ1n) is 12.8. The van der Waals surface area contributed by atoms with E-state index >= 15 is 4.39 Å². The SMILES string of the molecule is O=C(C(=O)N1CCN2CCCC23C[C@@H]13)c1cc(F)c(OCc2ccccc2)c(OCc2ccccc2)c1. The average molecular weight is 501 g/mol. The van der Waals surface area contributed by atoms with Crippen LogP contribution in [-0.2, 0) is 18.0 Å². The van der Waals surface area contributed by atoms with Gasteiger partial charge in [0.15, 0.2) is 17.3 Å². The van der Waals surface area contributed by atoms with E-state index < -0.39 is 17.5 Å². The zero-order valence-corrected chi connectivity index (χ0v) is 20.6. The number of hydrogen-bond donors (Lipinski definition) is 0. The minimum Gasteiger partial charge on any atom is -0.485 e. The fraction of sp³-hybridized carbons (Fsp3) is 0.333. The number of carbonyl (C=O) groups is 2. The van der Waals surface area contributed by atoms with E-state index in [9.17, 15) is 9.59 Å². The van der Waals surface area contributed by atoms with Crippen molar-refractivity contribution in [3.8, 4) is 11.5 Å². The Morgan fingerprint density at radius 1 is 0.892 bits per heavy atom. The maximum Gasteiger partial charge on any atom is 0.295 e. The van der Waals surface area contributed by atoms with Gasteiger partial charge < -0.3 is 14.4 Å². The molecule has 2 aliphatic heterocycles. The van der Waals surface area contributed by atoms with Gasteiger partial charge in [-0.2, -0.15) is 0 Å². The summed E-state index contributed by atoms with van der Waals surface area (Å²) in [6.45, 7) is 2.67. The average Bonchev–Trinajstić information content (AvgIpc) is 3.53. The number of piperazine rings is 1. The number of benzene rings is 3. The summed E-state index contributed by atoms with van der Waals surface area (Å²) >= 11 is 0. The molecule has 1 spiro atoms. The molecule has 0 aromatic heterocycles. The molecule has 0 N–H and O–H groups in total. The Labute approximate surface area is 215 Å². The molecule has 1 unspecified atom stereocenters. The second-order valence-electron chi connectivity index (χ2n) is 10.1. The van der Waals surface area contributed by atoms with E-state index in [0.29, 0.717) is 6.54 Å². The van der Waals surface area contributed by atoms with E-state index in [1.165, 1.54) is 6.07 Å². The first kappa shape index (κ1) is 23.7. The summed E-state index contributed by atoms with van der Waals surface area (Å²) in [7, 11) is 0. The highest BCUT2D eigenvalue weighted by Gasteiger charge is 2.65. The maximum atomic E-state index is 15.4. The summed E-state index contributed by atoms with van der Waals surface area (Å²) in [5.41, 5.74) is 1.79. The van der Waals surface area contributed by atoms with Crippen LogP contribution in [0.3, 0.4) is 0 Å². The Morgan fingerprint density at radius 3 is 2.27 bits per heavy atom. The number of halogens is 1. The Balaban J connectivity index is 1.24. The van der Waals surface area contributed by atoms with Gasteiger partial charge in [0, 0.05) is 24.2 Å². The number of ketones is 1. The first-order chi connectivity index (χ1) is 18.0. The van der Waals surface area contributed by atoms with Crippen LogP contribution in [0, 0.1) is 5.82 Å². The van der Waals surface area contributed by atoms with Crippen molar-refractivity contribution in [2.45, 2.75) is 44.1 Å². The number of rotatable bonds is 8. The van der Waals surface area contributed by atoms with Crippen LogP contribution in [0.15, 0.2) is 72.8 Å². The van der Waals surface area contributed by atoms with Gasteiger partial charge in [-0.25, -0.2) is 4.39 Å². The van der Waals surface area contributed by atoms with Crippen LogP contribution in [0.2, 0.25) is 0 Å². The van der Waals surface area contributed by atoms with Crippen LogP contribution in [0.1, 0.15) is 40.7 Å². The second kappa shape index (κ2) is 9.63. The van der Waals surface area contributed by atoms with Gasteiger partial charge in [0.1, 0.15) is 13.2 Å². The van der Waals surface area contributed by atoms with Crippen LogP contribution in [0.5, 0.6) is 11.5 Å². The number of hydrogen-bond acceptors (Lipinski definition) is 5. The lowest BCUT2D eigenvalue weighted by Gasteiger charge is -2.36. The summed E-state index contributed by atoms with van der Waals surface area (Å²) < 4.78 is 27.1. The third-order valence-corrected chi connectivity index (χ3v) is 7.85. The van der Waals surface area contributed by atoms with Gasteiger partial charge in [-0.3, -0.25) is 14.5 Å². The molecule has 190 valence electrons. The molecule has 2 atom stereocenters. The van der Waals surface area contributed by atoms with Gasteiger partial charge in [0.05, 0.1) is 6.04 Å². The lowest BCUT2D eigenvalue weighted by Crippen LogP contribution is -2.53. The largest absolute Gasteiger partial charge is 0.485 e. The van der Waals surface area contributed by atoms with E-state index in [2.05, 4.69) is 4.90 Å². The summed E-state index contributed by atoms with van der Waals surface area (Å²) in [6.07, 6.45) is 3.11. The van der Waals surface area contributed by atoms with Gasteiger partial charge in [-0.1, -0.05) is 60.7 Å². The topological polar surface area (TPSA) is 59.1 Å². The molecule has 7 heteroatoms. The minimum atomic E-state index is -0.735. The highest BCUT2D eigenvalue weighted by Crippen LogP contribution is 2.54. The molecule has 0 bridgehead atoms. The lowest BCUT2D eigenvalue weighted by atomic mass is 10.1. The molecule has 37 heavy (non-hydrogen) atoms.